The Kier molecular flexibility index (Phi) is 6.10. The number of hydrogen-bond acceptors (Lipinski definition) is 4. The molecule has 0 aliphatic carbocycles. The second-order valence-electron chi connectivity index (χ2n) is 7.37. The number of nitrogens with zero attached hydrogens (tertiary/aromatic N) is 1. The number of ether oxygens (including phenoxy) is 2. The first kappa shape index (κ1) is 18.4. The van der Waals surface area contributed by atoms with Gasteiger partial charge in [-0.2, -0.15) is 0 Å². The minimum absolute atomic E-state index is 0.0810. The molecule has 2 aliphatic heterocycles. The van der Waals surface area contributed by atoms with Gasteiger partial charge >= 0.3 is 0 Å². The van der Waals surface area contributed by atoms with Crippen LogP contribution in [0, 0.1) is 12.8 Å². The van der Waals surface area contributed by atoms with Crippen molar-refractivity contribution in [3.63, 3.8) is 0 Å². The van der Waals surface area contributed by atoms with Gasteiger partial charge in [-0.3, -0.25) is 4.79 Å². The molecule has 2 fully saturated rings. The zero-order valence-electron chi connectivity index (χ0n) is 15.1. The summed E-state index contributed by atoms with van der Waals surface area (Å²) in [5, 5.41) is 10.0. The minimum Gasteiger partial charge on any atom is -0.393 e. The number of aliphatic hydroxyl groups excluding tert-OH is 1. The van der Waals surface area contributed by atoms with Crippen LogP contribution in [-0.2, 0) is 20.7 Å². The Balaban J connectivity index is 1.65. The number of amides is 1. The van der Waals surface area contributed by atoms with Crippen LogP contribution in [0.5, 0.6) is 0 Å². The predicted molar refractivity (Wildman–Crippen MR) is 95.4 cm³/mol. The number of aryl methyl sites for hydroxylation is 1. The van der Waals surface area contributed by atoms with E-state index >= 15 is 0 Å². The molecule has 1 N–H and O–H groups in total. The van der Waals surface area contributed by atoms with Gasteiger partial charge in [0, 0.05) is 32.6 Å². The van der Waals surface area contributed by atoms with Crippen molar-refractivity contribution in [1.82, 2.24) is 4.90 Å². The molecular weight excluding hydrogens is 318 g/mol. The molecule has 2 aliphatic rings. The zero-order valence-corrected chi connectivity index (χ0v) is 15.1. The van der Waals surface area contributed by atoms with E-state index in [4.69, 9.17) is 9.47 Å². The van der Waals surface area contributed by atoms with Crippen LogP contribution in [0.15, 0.2) is 24.3 Å². The summed E-state index contributed by atoms with van der Waals surface area (Å²) in [6.45, 7) is 5.05. The van der Waals surface area contributed by atoms with E-state index in [0.717, 1.165) is 31.6 Å². The molecule has 25 heavy (non-hydrogen) atoms. The minimum atomic E-state index is -0.699. The Morgan fingerprint density at radius 3 is 2.76 bits per heavy atom. The van der Waals surface area contributed by atoms with Gasteiger partial charge in [0.05, 0.1) is 19.8 Å². The van der Waals surface area contributed by atoms with Crippen LogP contribution < -0.4 is 0 Å². The molecule has 2 saturated heterocycles. The molecule has 2 heterocycles. The highest BCUT2D eigenvalue weighted by molar-refractivity contribution is 5.76. The molecule has 5 heteroatoms. The van der Waals surface area contributed by atoms with Crippen molar-refractivity contribution in [3.05, 3.63) is 35.4 Å². The highest BCUT2D eigenvalue weighted by atomic mass is 16.5. The van der Waals surface area contributed by atoms with Gasteiger partial charge in [-0.1, -0.05) is 24.3 Å². The van der Waals surface area contributed by atoms with Crippen LogP contribution in [-0.4, -0.2) is 61.0 Å². The lowest BCUT2D eigenvalue weighted by Gasteiger charge is -2.42. The summed E-state index contributed by atoms with van der Waals surface area (Å²) in [6.07, 6.45) is 3.13. The van der Waals surface area contributed by atoms with Crippen LogP contribution in [0.4, 0.5) is 0 Å². The summed E-state index contributed by atoms with van der Waals surface area (Å²) in [5.74, 6) is 0.599. The quantitative estimate of drug-likeness (QED) is 0.884. The van der Waals surface area contributed by atoms with Crippen molar-refractivity contribution in [1.29, 1.82) is 0 Å². The second-order valence-corrected chi connectivity index (χ2v) is 7.37. The number of benzene rings is 1. The summed E-state index contributed by atoms with van der Waals surface area (Å²) >= 11 is 0. The van der Waals surface area contributed by atoms with Crippen molar-refractivity contribution >= 4 is 5.91 Å². The van der Waals surface area contributed by atoms with E-state index in [2.05, 4.69) is 19.1 Å². The molecule has 1 aromatic rings. The molecule has 0 radical (unpaired) electrons. The van der Waals surface area contributed by atoms with Crippen LogP contribution in [0.25, 0.3) is 0 Å². The summed E-state index contributed by atoms with van der Waals surface area (Å²) in [6, 6.07) is 8.15. The van der Waals surface area contributed by atoms with Crippen molar-refractivity contribution in [2.45, 2.75) is 38.2 Å². The first-order valence-corrected chi connectivity index (χ1v) is 9.27. The summed E-state index contributed by atoms with van der Waals surface area (Å²) < 4.78 is 11.4. The molecular formula is C20H29NO4. The van der Waals surface area contributed by atoms with Gasteiger partial charge in [0.1, 0.15) is 5.60 Å². The zero-order chi connectivity index (χ0) is 17.7. The third-order valence-electron chi connectivity index (χ3n) is 5.47. The van der Waals surface area contributed by atoms with E-state index in [1.807, 2.05) is 17.0 Å². The van der Waals surface area contributed by atoms with Crippen molar-refractivity contribution in [3.8, 4) is 0 Å². The first-order valence-electron chi connectivity index (χ1n) is 9.27. The van der Waals surface area contributed by atoms with Gasteiger partial charge in [0.25, 0.3) is 0 Å². The lowest BCUT2D eigenvalue weighted by molar-refractivity contribution is -0.159. The Morgan fingerprint density at radius 2 is 2.04 bits per heavy atom. The van der Waals surface area contributed by atoms with Gasteiger partial charge in [-0.25, -0.2) is 0 Å². The van der Waals surface area contributed by atoms with Crippen LogP contribution in [0.2, 0.25) is 0 Å². The maximum absolute atomic E-state index is 12.7. The van der Waals surface area contributed by atoms with Crippen LogP contribution in [0.3, 0.4) is 0 Å². The fourth-order valence-electron chi connectivity index (χ4n) is 3.80. The maximum Gasteiger partial charge on any atom is 0.223 e. The van der Waals surface area contributed by atoms with Gasteiger partial charge < -0.3 is 19.5 Å². The third kappa shape index (κ3) is 4.60. The molecule has 0 unspecified atom stereocenters. The molecule has 0 bridgehead atoms. The normalized spacial score (nSPS) is 25.1. The largest absolute Gasteiger partial charge is 0.393 e. The summed E-state index contributed by atoms with van der Waals surface area (Å²) in [5.41, 5.74) is 1.65. The van der Waals surface area contributed by atoms with Gasteiger partial charge in [0.15, 0.2) is 0 Å². The smallest absolute Gasteiger partial charge is 0.223 e. The number of aliphatic hydroxyl groups is 1. The standard InChI is InChI=1S/C20H29NO4/c1-16-4-2-3-5-18(16)13-20(15-22)14-21(8-11-25-20)19(23)12-17-6-9-24-10-7-17/h2-5,17,22H,6-15H2,1H3/t20-/m1/s1. The predicted octanol–water partition coefficient (Wildman–Crippen LogP) is 1.94. The number of carbonyl (C=O) groups excluding carboxylic acids is 1. The van der Waals surface area contributed by atoms with Crippen molar-refractivity contribution in [2.24, 2.45) is 5.92 Å². The van der Waals surface area contributed by atoms with E-state index in [0.29, 0.717) is 38.5 Å². The van der Waals surface area contributed by atoms with E-state index in [1.54, 1.807) is 0 Å². The number of morpholine rings is 1. The van der Waals surface area contributed by atoms with Gasteiger partial charge in [-0.05, 0) is 36.8 Å². The highest BCUT2D eigenvalue weighted by Gasteiger charge is 2.38. The fraction of sp³-hybridized carbons (Fsp3) is 0.650. The van der Waals surface area contributed by atoms with E-state index < -0.39 is 5.60 Å². The molecule has 5 nitrogen and oxygen atoms in total. The molecule has 138 valence electrons. The fourth-order valence-corrected chi connectivity index (χ4v) is 3.80. The second kappa shape index (κ2) is 8.30. The average molecular weight is 347 g/mol. The van der Waals surface area contributed by atoms with E-state index in [1.165, 1.54) is 5.56 Å². The van der Waals surface area contributed by atoms with Crippen molar-refractivity contribution < 1.29 is 19.4 Å². The topological polar surface area (TPSA) is 59.0 Å². The molecule has 1 atom stereocenters. The number of hydrogen-bond donors (Lipinski definition) is 1. The third-order valence-corrected chi connectivity index (χ3v) is 5.47. The molecule has 3 rings (SSSR count). The molecule has 0 aromatic heterocycles. The Bertz CT molecular complexity index is 585. The van der Waals surface area contributed by atoms with E-state index in [-0.39, 0.29) is 12.5 Å². The Morgan fingerprint density at radius 1 is 1.28 bits per heavy atom. The van der Waals surface area contributed by atoms with Crippen molar-refractivity contribution in [2.75, 3.05) is 39.5 Å². The molecule has 1 amide bonds. The average Bonchev–Trinajstić information content (AvgIpc) is 2.65. The van der Waals surface area contributed by atoms with Crippen LogP contribution >= 0.6 is 0 Å². The maximum atomic E-state index is 12.7. The molecule has 0 spiro atoms. The van der Waals surface area contributed by atoms with E-state index in [9.17, 15) is 9.90 Å². The SMILES string of the molecule is Cc1ccccc1C[C@]1(CO)CN(C(=O)CC2CCOCC2)CCO1. The highest BCUT2D eigenvalue weighted by Crippen LogP contribution is 2.26. The summed E-state index contributed by atoms with van der Waals surface area (Å²) in [4.78, 5) is 14.6. The number of carbonyl (C=O) groups is 1. The Hall–Kier alpha value is -1.43. The Labute approximate surface area is 149 Å². The molecule has 0 saturated carbocycles. The van der Waals surface area contributed by atoms with Gasteiger partial charge in [-0.15, -0.1) is 0 Å². The lowest BCUT2D eigenvalue weighted by Crippen LogP contribution is -2.57. The molecule has 1 aromatic carbocycles. The lowest BCUT2D eigenvalue weighted by atomic mass is 9.90. The first-order chi connectivity index (χ1) is 12.1. The monoisotopic (exact) mass is 347 g/mol. The van der Waals surface area contributed by atoms with Gasteiger partial charge in [0.2, 0.25) is 5.91 Å². The summed E-state index contributed by atoms with van der Waals surface area (Å²) in [7, 11) is 0. The van der Waals surface area contributed by atoms with Crippen LogP contribution in [0.1, 0.15) is 30.4 Å². The number of rotatable bonds is 5.